The summed E-state index contributed by atoms with van der Waals surface area (Å²) in [5, 5.41) is 3.40. The van der Waals surface area contributed by atoms with Gasteiger partial charge in [-0.2, -0.15) is 0 Å². The van der Waals surface area contributed by atoms with Gasteiger partial charge in [-0.25, -0.2) is 0 Å². The number of ether oxygens (including phenoxy) is 2. The Labute approximate surface area is 72.7 Å². The van der Waals surface area contributed by atoms with Gasteiger partial charge in [-0.3, -0.25) is 0 Å². The first-order valence-electron chi connectivity index (χ1n) is 4.57. The second-order valence-electron chi connectivity index (χ2n) is 3.35. The summed E-state index contributed by atoms with van der Waals surface area (Å²) >= 11 is 0. The lowest BCUT2D eigenvalue weighted by molar-refractivity contribution is -0.0112. The lowest BCUT2D eigenvalue weighted by atomic mass is 10.1. The second-order valence-corrected chi connectivity index (χ2v) is 3.35. The highest BCUT2D eigenvalue weighted by Crippen LogP contribution is 2.10. The van der Waals surface area contributed by atoms with Crippen molar-refractivity contribution < 1.29 is 9.47 Å². The lowest BCUT2D eigenvalue weighted by Gasteiger charge is -2.29. The van der Waals surface area contributed by atoms with Crippen LogP contribution in [-0.2, 0) is 9.47 Å². The summed E-state index contributed by atoms with van der Waals surface area (Å²) in [6.45, 7) is 2.68. The van der Waals surface area contributed by atoms with Crippen molar-refractivity contribution in [1.82, 2.24) is 5.32 Å². The van der Waals surface area contributed by atoms with Gasteiger partial charge in [0.1, 0.15) is 6.10 Å². The SMILES string of the molecule is C1=COC(CNC2COC2)CC1. The zero-order chi connectivity index (χ0) is 8.23. The first kappa shape index (κ1) is 8.08. The van der Waals surface area contributed by atoms with Gasteiger partial charge in [0.2, 0.25) is 0 Å². The Balaban J connectivity index is 1.62. The summed E-state index contributed by atoms with van der Waals surface area (Å²) in [6.07, 6.45) is 6.54. The number of hydrogen-bond acceptors (Lipinski definition) is 3. The minimum absolute atomic E-state index is 0.371. The third-order valence-corrected chi connectivity index (χ3v) is 2.29. The van der Waals surface area contributed by atoms with Crippen molar-refractivity contribution >= 4 is 0 Å². The molecule has 3 nitrogen and oxygen atoms in total. The van der Waals surface area contributed by atoms with Gasteiger partial charge < -0.3 is 14.8 Å². The van der Waals surface area contributed by atoms with E-state index in [1.54, 1.807) is 0 Å². The van der Waals surface area contributed by atoms with E-state index in [4.69, 9.17) is 9.47 Å². The van der Waals surface area contributed by atoms with Crippen molar-refractivity contribution in [2.45, 2.75) is 25.0 Å². The van der Waals surface area contributed by atoms with Crippen molar-refractivity contribution in [1.29, 1.82) is 0 Å². The van der Waals surface area contributed by atoms with Crippen LogP contribution in [0.3, 0.4) is 0 Å². The van der Waals surface area contributed by atoms with Crippen molar-refractivity contribution in [3.8, 4) is 0 Å². The number of allylic oxidation sites excluding steroid dienone is 1. The average molecular weight is 169 g/mol. The first-order valence-corrected chi connectivity index (χ1v) is 4.57. The molecule has 1 fully saturated rings. The van der Waals surface area contributed by atoms with Crippen LogP contribution in [0.5, 0.6) is 0 Å². The van der Waals surface area contributed by atoms with Crippen LogP contribution in [0.1, 0.15) is 12.8 Å². The van der Waals surface area contributed by atoms with Crippen molar-refractivity contribution in [3.05, 3.63) is 12.3 Å². The van der Waals surface area contributed by atoms with Gasteiger partial charge in [0.25, 0.3) is 0 Å². The third-order valence-electron chi connectivity index (χ3n) is 2.29. The molecule has 12 heavy (non-hydrogen) atoms. The molecular weight excluding hydrogens is 154 g/mol. The van der Waals surface area contributed by atoms with Gasteiger partial charge in [0.15, 0.2) is 0 Å². The number of hydrogen-bond donors (Lipinski definition) is 1. The molecule has 0 aromatic carbocycles. The smallest absolute Gasteiger partial charge is 0.110 e. The molecule has 0 radical (unpaired) electrons. The summed E-state index contributed by atoms with van der Waals surface area (Å²) in [5.74, 6) is 0. The molecule has 2 rings (SSSR count). The van der Waals surface area contributed by atoms with Crippen LogP contribution < -0.4 is 5.32 Å². The van der Waals surface area contributed by atoms with E-state index in [9.17, 15) is 0 Å². The van der Waals surface area contributed by atoms with Gasteiger partial charge in [-0.05, 0) is 18.9 Å². The monoisotopic (exact) mass is 169 g/mol. The van der Waals surface area contributed by atoms with Crippen molar-refractivity contribution in [2.24, 2.45) is 0 Å². The maximum absolute atomic E-state index is 5.41. The van der Waals surface area contributed by atoms with Crippen LogP contribution in [0.25, 0.3) is 0 Å². The predicted octanol–water partition coefficient (Wildman–Crippen LogP) is 0.667. The largest absolute Gasteiger partial charge is 0.497 e. The molecule has 0 aliphatic carbocycles. The Morgan fingerprint density at radius 1 is 1.42 bits per heavy atom. The maximum Gasteiger partial charge on any atom is 0.110 e. The predicted molar refractivity (Wildman–Crippen MR) is 45.9 cm³/mol. The molecule has 2 aliphatic heterocycles. The topological polar surface area (TPSA) is 30.5 Å². The van der Waals surface area contributed by atoms with E-state index in [0.717, 1.165) is 32.6 Å². The molecule has 0 bridgehead atoms. The Morgan fingerprint density at radius 2 is 2.33 bits per heavy atom. The summed E-state index contributed by atoms with van der Waals surface area (Å²) in [6, 6.07) is 0.569. The standard InChI is InChI=1S/C9H15NO2/c1-2-4-12-9(3-1)5-10-8-6-11-7-8/h2,4,8-10H,1,3,5-7H2. The van der Waals surface area contributed by atoms with E-state index >= 15 is 0 Å². The van der Waals surface area contributed by atoms with Crippen LogP contribution in [0.15, 0.2) is 12.3 Å². The molecule has 0 aromatic heterocycles. The minimum atomic E-state index is 0.371. The van der Waals surface area contributed by atoms with E-state index in [1.807, 2.05) is 6.26 Å². The Kier molecular flexibility index (Phi) is 2.64. The lowest BCUT2D eigenvalue weighted by Crippen LogP contribution is -2.48. The third kappa shape index (κ3) is 1.99. The summed E-state index contributed by atoms with van der Waals surface area (Å²) < 4.78 is 10.5. The molecule has 0 saturated carbocycles. The van der Waals surface area contributed by atoms with E-state index in [-0.39, 0.29) is 0 Å². The molecule has 1 atom stereocenters. The van der Waals surface area contributed by atoms with Gasteiger partial charge >= 0.3 is 0 Å². The highest BCUT2D eigenvalue weighted by atomic mass is 16.5. The molecule has 1 saturated heterocycles. The maximum atomic E-state index is 5.41. The Hall–Kier alpha value is -0.540. The van der Waals surface area contributed by atoms with Gasteiger partial charge in [0, 0.05) is 6.54 Å². The van der Waals surface area contributed by atoms with E-state index < -0.39 is 0 Å². The zero-order valence-electron chi connectivity index (χ0n) is 7.16. The number of rotatable bonds is 3. The van der Waals surface area contributed by atoms with Crippen LogP contribution >= 0.6 is 0 Å². The fourth-order valence-electron chi connectivity index (χ4n) is 1.39. The Bertz CT molecular complexity index is 166. The van der Waals surface area contributed by atoms with Gasteiger partial charge in [-0.15, -0.1) is 0 Å². The quantitative estimate of drug-likeness (QED) is 0.673. The molecule has 2 heterocycles. The van der Waals surface area contributed by atoms with E-state index in [1.165, 1.54) is 0 Å². The van der Waals surface area contributed by atoms with Crippen LogP contribution in [-0.4, -0.2) is 31.9 Å². The molecule has 0 amide bonds. The van der Waals surface area contributed by atoms with Gasteiger partial charge in [-0.1, -0.05) is 0 Å². The fraction of sp³-hybridized carbons (Fsp3) is 0.778. The van der Waals surface area contributed by atoms with Crippen LogP contribution in [0.4, 0.5) is 0 Å². The van der Waals surface area contributed by atoms with Crippen LogP contribution in [0, 0.1) is 0 Å². The molecule has 0 spiro atoms. The summed E-state index contributed by atoms with van der Waals surface area (Å²) in [5.41, 5.74) is 0. The molecule has 0 aromatic rings. The molecular formula is C9H15NO2. The van der Waals surface area contributed by atoms with Crippen molar-refractivity contribution in [2.75, 3.05) is 19.8 Å². The molecule has 1 N–H and O–H groups in total. The van der Waals surface area contributed by atoms with Gasteiger partial charge in [0.05, 0.1) is 25.5 Å². The molecule has 1 unspecified atom stereocenters. The highest BCUT2D eigenvalue weighted by Gasteiger charge is 2.19. The van der Waals surface area contributed by atoms with Crippen LogP contribution in [0.2, 0.25) is 0 Å². The zero-order valence-corrected chi connectivity index (χ0v) is 7.16. The van der Waals surface area contributed by atoms with E-state index in [2.05, 4.69) is 11.4 Å². The molecule has 68 valence electrons. The summed E-state index contributed by atoms with van der Waals surface area (Å²) in [7, 11) is 0. The fourth-order valence-corrected chi connectivity index (χ4v) is 1.39. The average Bonchev–Trinajstić information content (AvgIpc) is 2.04. The molecule has 3 heteroatoms. The Morgan fingerprint density at radius 3 is 2.92 bits per heavy atom. The van der Waals surface area contributed by atoms with E-state index in [0.29, 0.717) is 12.1 Å². The highest BCUT2D eigenvalue weighted by molar-refractivity contribution is 4.84. The minimum Gasteiger partial charge on any atom is -0.497 e. The summed E-state index contributed by atoms with van der Waals surface area (Å²) in [4.78, 5) is 0. The normalized spacial score (nSPS) is 29.5. The number of nitrogens with one attached hydrogen (secondary N) is 1. The van der Waals surface area contributed by atoms with Crippen molar-refractivity contribution in [3.63, 3.8) is 0 Å². The second kappa shape index (κ2) is 3.92. The molecule has 2 aliphatic rings. The first-order chi connectivity index (χ1) is 5.95.